The molecule has 5 saturated heterocycles. The summed E-state index contributed by atoms with van der Waals surface area (Å²) in [5, 5.41) is 0. The summed E-state index contributed by atoms with van der Waals surface area (Å²) in [6.45, 7) is 41.3. The highest BCUT2D eigenvalue weighted by molar-refractivity contribution is 7.94. The Morgan fingerprint density at radius 1 is 0.312 bits per heavy atom. The first kappa shape index (κ1) is 109. The van der Waals surface area contributed by atoms with E-state index in [2.05, 4.69) is 395 Å². The Bertz CT molecular complexity index is 6380. The lowest BCUT2D eigenvalue weighted by molar-refractivity contribution is -0.678. The minimum Gasteiger partial charge on any atom is -0.237 e. The lowest BCUT2D eigenvalue weighted by atomic mass is 8.62. The number of aromatic nitrogens is 8. The quantitative estimate of drug-likeness (QED) is 0.0331. The van der Waals surface area contributed by atoms with Crippen molar-refractivity contribution in [2.24, 2.45) is 35.2 Å². The SMILES string of the molecule is CB1CC1c1n(-c2c(C(C)C)cccc2C(C)C)c2cc(-c3ccccc3)ccc2[n+]1C.CB1CC1c1n(-c2c(C(C)C)cccc2C(C)C)c2ccccc2[n+]1C.[B]B([B])B([B])B(B([B])[B])C1B(C)C1c1n(-c2c(C(C)C)cc(-c3ccccc3)cc2C(C)C)cc[n+]1C.[B]B([B])B([B])B(B([B])[B])C1B(c2cc(-c3ccccc3)cc[n+]2C)C1C.[B]B([B])B([B])B(B([B])[B])C1B(c2cccc[n+]2C)C1C. The number of hydrogen-bond donors (Lipinski definition) is 0. The number of pyridine rings is 2. The maximum Gasteiger partial charge on any atom is 0.257 e. The van der Waals surface area contributed by atoms with Gasteiger partial charge < -0.3 is 0 Å². The third kappa shape index (κ3) is 23.2. The fraction of sp³-hybridized carbons (Fsp3) is 0.376. The highest BCUT2D eigenvalue weighted by atomic mass is 15.2. The molecule has 18 rings (SSSR count). The number of fused-ring (bicyclic) bond motifs is 2. The molecule has 0 N–H and O–H groups in total. The normalized spacial score (nSPS) is 17.4. The third-order valence-corrected chi connectivity index (χ3v) is 32.2. The van der Waals surface area contributed by atoms with Crippen molar-refractivity contribution in [1.82, 2.24) is 13.7 Å². The molecule has 0 amide bonds. The maximum absolute atomic E-state index is 6.44. The van der Waals surface area contributed by atoms with Crippen molar-refractivity contribution >= 4 is 260 Å². The van der Waals surface area contributed by atoms with Crippen LogP contribution in [0.5, 0.6) is 0 Å². The van der Waals surface area contributed by atoms with E-state index in [9.17, 15) is 0 Å². The molecule has 8 unspecified atom stereocenters. The van der Waals surface area contributed by atoms with Crippen LogP contribution in [0.15, 0.2) is 237 Å². The molecule has 5 fully saturated rings. The topological polar surface area (TPSA) is 34.2 Å². The van der Waals surface area contributed by atoms with Crippen LogP contribution in [-0.4, -0.2) is 240 Å². The van der Waals surface area contributed by atoms with E-state index in [0.717, 1.165) is 13.4 Å². The number of hydrogen-bond acceptors (Lipinski definition) is 0. The summed E-state index contributed by atoms with van der Waals surface area (Å²) in [6.07, 6.45) is 6.24. The summed E-state index contributed by atoms with van der Waals surface area (Å²) < 4.78 is 19.0. The summed E-state index contributed by atoms with van der Waals surface area (Å²) in [7, 11) is 101. The van der Waals surface area contributed by atoms with E-state index in [-0.39, 0.29) is 43.1 Å². The average Bonchev–Trinajstić information content (AvgIpc) is 1.57. The van der Waals surface area contributed by atoms with Crippen LogP contribution in [0.25, 0.3) is 72.5 Å². The lowest BCUT2D eigenvalue weighted by Gasteiger charge is -2.27. The van der Waals surface area contributed by atoms with Gasteiger partial charge in [-0.25, -0.2) is 22.8 Å². The molecule has 0 bridgehead atoms. The van der Waals surface area contributed by atoms with Gasteiger partial charge in [-0.15, -0.1) is 0 Å². The van der Waals surface area contributed by atoms with E-state index in [1.54, 1.807) is 0 Å². The molecule has 141 heavy (non-hydrogen) atoms. The zero-order valence-corrected chi connectivity index (χ0v) is 88.1. The first-order valence-electron chi connectivity index (χ1n) is 51.9. The van der Waals surface area contributed by atoms with Gasteiger partial charge in [-0.2, -0.15) is 13.7 Å². The summed E-state index contributed by atoms with van der Waals surface area (Å²) in [6, 6.07) is 76.7. The fourth-order valence-electron chi connectivity index (χ4n) is 23.7. The molecule has 0 aliphatic carbocycles. The highest BCUT2D eigenvalue weighted by Crippen LogP contribution is 2.56. The maximum atomic E-state index is 6.44. The standard InChI is InChI=1S/C29H34BN2.C25H31B10N2.C23H30BN2.C15H16B10N.C9H12B10N/c1-19(2)23-13-10-14-24(20(3)4)28(23)32-27-17-22(21-11-8-7-9-12-21)15-16-26(27)31(6)29(32)25-18-30(25)5;1-16(2)20-14-19(18-10-8-7-9-11-18)15-21(17(3)4)23(20)37-13-12-36(6)25(37)22-24(31(22)5)32(33(26)27)35(30)34(28)29;1-15(2)17-10-9-11-18(16(3)4)22(17)26-21-13-8-7-12-20(21)25(6)23(26)19-14-24(19)5;1-11-15(22(23(16)17)25(20)24(18)19)21(11)14-10-13(8-9-26(14)2)12-6-4-3-5-7-12;1-7-9(16(17(10)11)19(14)18(12)13)15(7)8-5-3-4-6-20(8)2/h7-17,19-20,25H,18H2,1-6H3;7-17,22,24H,1-6H3;7-13,15-16,19H,14H2,1-6H3;3-11,15H,1-2H3;3-7,9H,1-2H3/q5*+1. The molecule has 8 atom stereocenters. The molecular formula is C101H123B32N8+5. The number of nitrogens with zero attached hydrogens (tertiary/aromatic N) is 8. The van der Waals surface area contributed by atoms with Crippen molar-refractivity contribution in [3.8, 4) is 50.4 Å². The Hall–Kier alpha value is -7.71. The smallest absolute Gasteiger partial charge is 0.237 e. The first-order chi connectivity index (χ1) is 66.9. The second-order valence-electron chi connectivity index (χ2n) is 44.1. The number of para-hydroxylation sites is 4. The van der Waals surface area contributed by atoms with Gasteiger partial charge in [0.2, 0.25) is 0 Å². The lowest BCUT2D eigenvalue weighted by Crippen LogP contribution is -2.61. The van der Waals surface area contributed by atoms with Gasteiger partial charge in [0, 0.05) is 262 Å². The van der Waals surface area contributed by atoms with Crippen LogP contribution in [0.3, 0.4) is 0 Å². The van der Waals surface area contributed by atoms with Crippen molar-refractivity contribution < 1.29 is 22.8 Å². The van der Waals surface area contributed by atoms with Crippen LogP contribution in [0.4, 0.5) is 0 Å². The Morgan fingerprint density at radius 2 is 0.674 bits per heavy atom. The molecular weight excluding hydrogens is 1670 g/mol. The van der Waals surface area contributed by atoms with E-state index < -0.39 is 51.1 Å². The second kappa shape index (κ2) is 46.1. The molecule has 8 nitrogen and oxygen atoms in total. The van der Waals surface area contributed by atoms with Gasteiger partial charge in [0.15, 0.2) is 47.9 Å². The van der Waals surface area contributed by atoms with Crippen molar-refractivity contribution in [3.63, 3.8) is 0 Å². The van der Waals surface area contributed by atoms with Gasteiger partial charge in [-0.05, 0) is 117 Å². The molecule has 658 valence electrons. The van der Waals surface area contributed by atoms with E-state index in [0.29, 0.717) is 84.6 Å². The molecule has 5 aromatic heterocycles. The molecule has 13 aromatic rings. The van der Waals surface area contributed by atoms with Gasteiger partial charge in [-0.3, -0.25) is 0 Å². The molecule has 30 radical (unpaired) electrons. The summed E-state index contributed by atoms with van der Waals surface area (Å²) in [5.41, 5.74) is 28.6. The second-order valence-corrected chi connectivity index (χ2v) is 44.1. The first-order valence-corrected chi connectivity index (χ1v) is 51.9. The zero-order valence-electron chi connectivity index (χ0n) is 88.1. The molecule has 10 heterocycles. The van der Waals surface area contributed by atoms with Crippen molar-refractivity contribution in [2.75, 3.05) is 0 Å². The minimum atomic E-state index is -0.667. The van der Waals surface area contributed by atoms with Crippen LogP contribution in [0.2, 0.25) is 61.9 Å². The monoisotopic (exact) mass is 1800 g/mol. The van der Waals surface area contributed by atoms with Crippen molar-refractivity contribution in [2.45, 2.75) is 212 Å². The average molecular weight is 1800 g/mol. The van der Waals surface area contributed by atoms with Crippen molar-refractivity contribution in [1.29, 1.82) is 0 Å². The van der Waals surface area contributed by atoms with Gasteiger partial charge >= 0.3 is 0 Å². The summed E-state index contributed by atoms with van der Waals surface area (Å²) in [4.78, 5) is 0. The van der Waals surface area contributed by atoms with Gasteiger partial charge in [0.25, 0.3) is 30.9 Å². The van der Waals surface area contributed by atoms with E-state index in [1.807, 2.05) is 31.4 Å². The predicted molar refractivity (Wildman–Crippen MR) is 641 cm³/mol. The van der Waals surface area contributed by atoms with E-state index >= 15 is 0 Å². The van der Waals surface area contributed by atoms with Crippen LogP contribution in [0.1, 0.15) is 201 Å². The number of aryl methyl sites for hydroxylation is 5. The van der Waals surface area contributed by atoms with Gasteiger partial charge in [0.05, 0.1) is 21.1 Å². The van der Waals surface area contributed by atoms with Gasteiger partial charge in [-0.1, -0.05) is 304 Å². The highest BCUT2D eigenvalue weighted by Gasteiger charge is 2.64. The fourth-order valence-corrected chi connectivity index (χ4v) is 23.7. The van der Waals surface area contributed by atoms with Crippen molar-refractivity contribution in [3.05, 3.63) is 288 Å². The molecule has 5 aliphatic rings. The minimum absolute atomic E-state index is 0.0739. The number of rotatable bonds is 29. The van der Waals surface area contributed by atoms with Gasteiger partial charge in [0.1, 0.15) is 61.5 Å². The molecule has 0 saturated carbocycles. The Balaban J connectivity index is 0.000000142. The molecule has 0 spiro atoms. The van der Waals surface area contributed by atoms with E-state index in [4.69, 9.17) is 116 Å². The zero-order chi connectivity index (χ0) is 102. The van der Waals surface area contributed by atoms with Crippen LogP contribution in [-0.2, 0) is 35.2 Å². The Labute approximate surface area is 874 Å². The largest absolute Gasteiger partial charge is 0.257 e. The summed E-state index contributed by atoms with van der Waals surface area (Å²) in [5.74, 6) is 9.21. The Kier molecular flexibility index (Phi) is 35.7. The van der Waals surface area contributed by atoms with Crippen LogP contribution in [0, 0.1) is 0 Å². The Morgan fingerprint density at radius 3 is 1.07 bits per heavy atom. The molecule has 8 aromatic carbocycles. The van der Waals surface area contributed by atoms with Crippen LogP contribution < -0.4 is 34.0 Å². The number of benzene rings is 8. The summed E-state index contributed by atoms with van der Waals surface area (Å²) >= 11 is 0. The van der Waals surface area contributed by atoms with Crippen LogP contribution >= 0.6 is 0 Å². The number of imidazole rings is 3. The molecule has 5 aliphatic heterocycles. The van der Waals surface area contributed by atoms with E-state index in [1.165, 1.54) is 147 Å². The molecule has 40 heteroatoms. The predicted octanol–water partition coefficient (Wildman–Crippen LogP) is 10.8. The third-order valence-electron chi connectivity index (χ3n) is 32.2.